The van der Waals surface area contributed by atoms with Gasteiger partial charge in [-0.15, -0.1) is 6.58 Å². The number of benzene rings is 1. The van der Waals surface area contributed by atoms with Crippen LogP contribution in [0.4, 0.5) is 10.5 Å². The number of hydrogen-bond acceptors (Lipinski definition) is 8. The van der Waals surface area contributed by atoms with Crippen molar-refractivity contribution in [2.45, 2.75) is 88.8 Å². The van der Waals surface area contributed by atoms with Crippen molar-refractivity contribution in [2.24, 2.45) is 29.6 Å². The number of likely N-dealkylation sites (tertiary alicyclic amines) is 1. The first-order chi connectivity index (χ1) is 21.5. The van der Waals surface area contributed by atoms with Gasteiger partial charge < -0.3 is 25.6 Å². The van der Waals surface area contributed by atoms with E-state index >= 15 is 0 Å². The molecule has 2 saturated carbocycles. The number of fused-ring (bicyclic) bond motifs is 1. The Hall–Kier alpha value is -3.61. The van der Waals surface area contributed by atoms with Crippen LogP contribution >= 0.6 is 0 Å². The lowest BCUT2D eigenvalue weighted by molar-refractivity contribution is -0.145. The number of rotatable bonds is 10. The zero-order chi connectivity index (χ0) is 34.0. The van der Waals surface area contributed by atoms with Gasteiger partial charge in [0.05, 0.1) is 11.6 Å². The maximum Gasteiger partial charge on any atom is 0.408 e. The summed E-state index contributed by atoms with van der Waals surface area (Å²) < 4.78 is 34.1. The van der Waals surface area contributed by atoms with Gasteiger partial charge in [0, 0.05) is 26.1 Å². The van der Waals surface area contributed by atoms with Crippen LogP contribution in [0.2, 0.25) is 0 Å². The predicted octanol–water partition coefficient (Wildman–Crippen LogP) is 3.41. The number of nitrogens with one attached hydrogen (secondary N) is 4. The minimum atomic E-state index is -4.26. The van der Waals surface area contributed by atoms with Gasteiger partial charge in [-0.1, -0.05) is 44.9 Å². The van der Waals surface area contributed by atoms with Gasteiger partial charge in [-0.3, -0.25) is 14.4 Å². The molecule has 1 aromatic carbocycles. The van der Waals surface area contributed by atoms with E-state index < -0.39 is 56.9 Å². The molecule has 4 rings (SSSR count). The van der Waals surface area contributed by atoms with Crippen LogP contribution < -0.4 is 20.7 Å². The monoisotopic (exact) mass is 659 g/mol. The fraction of sp³-hybridized carbons (Fsp3) is 0.636. The summed E-state index contributed by atoms with van der Waals surface area (Å²) >= 11 is 0. The van der Waals surface area contributed by atoms with E-state index in [2.05, 4.69) is 27.3 Å². The molecule has 4 amide bonds. The number of nitrogens with zero attached hydrogens (tertiary/aromatic N) is 1. The molecule has 254 valence electrons. The summed E-state index contributed by atoms with van der Waals surface area (Å²) in [5.41, 5.74) is -1.88. The van der Waals surface area contributed by atoms with Crippen LogP contribution in [-0.4, -0.2) is 74.5 Å². The van der Waals surface area contributed by atoms with Crippen molar-refractivity contribution in [3.63, 3.8) is 0 Å². The average molecular weight is 660 g/mol. The zero-order valence-corrected chi connectivity index (χ0v) is 28.5. The number of ether oxygens (including phenoxy) is 1. The lowest BCUT2D eigenvalue weighted by Crippen LogP contribution is -2.61. The van der Waals surface area contributed by atoms with Crippen LogP contribution in [0.3, 0.4) is 0 Å². The second kappa shape index (κ2) is 13.6. The van der Waals surface area contributed by atoms with Gasteiger partial charge in [0.25, 0.3) is 15.9 Å². The first-order valence-electron chi connectivity index (χ1n) is 16.1. The lowest BCUT2D eigenvalue weighted by atomic mass is 9.69. The molecular formula is C33H49N5O7S. The number of carbonyl (C=O) groups excluding carboxylic acids is 4. The summed E-state index contributed by atoms with van der Waals surface area (Å²) in [5.74, 6) is -2.76. The molecule has 0 aromatic heterocycles. The van der Waals surface area contributed by atoms with Gasteiger partial charge in [-0.25, -0.2) is 17.9 Å². The molecule has 3 unspecified atom stereocenters. The first kappa shape index (κ1) is 35.2. The number of para-hydroxylation sites is 1. The van der Waals surface area contributed by atoms with Crippen LogP contribution in [-0.2, 0) is 29.1 Å². The summed E-state index contributed by atoms with van der Waals surface area (Å²) in [6.45, 7) is 13.3. The fourth-order valence-electron chi connectivity index (χ4n) is 6.85. The van der Waals surface area contributed by atoms with Crippen LogP contribution in [0.5, 0.6) is 0 Å². The smallest absolute Gasteiger partial charge is 0.408 e. The van der Waals surface area contributed by atoms with Gasteiger partial charge in [0.2, 0.25) is 11.8 Å². The van der Waals surface area contributed by atoms with E-state index in [0.29, 0.717) is 12.2 Å². The van der Waals surface area contributed by atoms with E-state index in [4.69, 9.17) is 4.74 Å². The van der Waals surface area contributed by atoms with Gasteiger partial charge in [-0.05, 0) is 69.9 Å². The molecule has 6 atom stereocenters. The lowest BCUT2D eigenvalue weighted by Gasteiger charge is -2.46. The van der Waals surface area contributed by atoms with Gasteiger partial charge in [0.1, 0.15) is 22.1 Å². The third-order valence-corrected chi connectivity index (χ3v) is 10.7. The minimum Gasteiger partial charge on any atom is -0.444 e. The Morgan fingerprint density at radius 3 is 2.37 bits per heavy atom. The Morgan fingerprint density at radius 1 is 1.09 bits per heavy atom. The number of sulfonamides is 1. The normalized spacial score (nSPS) is 26.6. The minimum absolute atomic E-state index is 0.00129. The predicted molar refractivity (Wildman–Crippen MR) is 174 cm³/mol. The van der Waals surface area contributed by atoms with Crippen molar-refractivity contribution >= 4 is 39.5 Å². The van der Waals surface area contributed by atoms with Crippen molar-refractivity contribution in [2.75, 3.05) is 25.5 Å². The van der Waals surface area contributed by atoms with Crippen LogP contribution in [0.15, 0.2) is 41.8 Å². The topological polar surface area (TPSA) is 163 Å². The summed E-state index contributed by atoms with van der Waals surface area (Å²) in [7, 11) is -2.68. The van der Waals surface area contributed by atoms with Crippen molar-refractivity contribution in [3.05, 3.63) is 36.9 Å². The van der Waals surface area contributed by atoms with Crippen molar-refractivity contribution < 1.29 is 32.3 Å². The summed E-state index contributed by atoms with van der Waals surface area (Å²) in [6, 6.07) is 5.37. The van der Waals surface area contributed by atoms with Crippen LogP contribution in [0.25, 0.3) is 0 Å². The quantitative estimate of drug-likeness (QED) is 0.278. The summed E-state index contributed by atoms with van der Waals surface area (Å²) in [5, 5.41) is 8.46. The van der Waals surface area contributed by atoms with E-state index in [1.807, 2.05) is 13.8 Å². The highest BCUT2D eigenvalue weighted by Crippen LogP contribution is 2.46. The third kappa shape index (κ3) is 7.67. The molecule has 3 fully saturated rings. The molecule has 0 radical (unpaired) electrons. The van der Waals surface area contributed by atoms with Gasteiger partial charge in [-0.2, -0.15) is 0 Å². The van der Waals surface area contributed by atoms with E-state index in [9.17, 15) is 27.6 Å². The number of anilines is 1. The number of alkyl carbamates (subject to hydrolysis) is 1. The van der Waals surface area contributed by atoms with E-state index in [0.717, 1.165) is 25.7 Å². The molecule has 3 aliphatic rings. The maximum absolute atomic E-state index is 14.1. The zero-order valence-electron chi connectivity index (χ0n) is 27.7. The Labute approximate surface area is 272 Å². The summed E-state index contributed by atoms with van der Waals surface area (Å²) in [4.78, 5) is 55.8. The number of piperidine rings is 1. The molecule has 2 aliphatic carbocycles. The third-order valence-electron chi connectivity index (χ3n) is 9.33. The number of amides is 4. The molecule has 1 aromatic rings. The van der Waals surface area contributed by atoms with Crippen molar-refractivity contribution in [3.8, 4) is 0 Å². The van der Waals surface area contributed by atoms with Gasteiger partial charge >= 0.3 is 6.09 Å². The van der Waals surface area contributed by atoms with Crippen molar-refractivity contribution in [1.29, 1.82) is 0 Å². The summed E-state index contributed by atoms with van der Waals surface area (Å²) in [6.07, 6.45) is 4.67. The molecule has 1 heterocycles. The molecule has 0 bridgehead atoms. The van der Waals surface area contributed by atoms with Crippen molar-refractivity contribution in [1.82, 2.24) is 20.3 Å². The average Bonchev–Trinajstić information content (AvgIpc) is 3.71. The highest BCUT2D eigenvalue weighted by Gasteiger charge is 2.61. The van der Waals surface area contributed by atoms with E-state index in [-0.39, 0.29) is 41.5 Å². The fourth-order valence-corrected chi connectivity index (χ4v) is 8.10. The number of carbonyl (C=O) groups is 4. The molecule has 13 heteroatoms. The van der Waals surface area contributed by atoms with E-state index in [1.165, 1.54) is 6.07 Å². The molecule has 0 spiro atoms. The highest BCUT2D eigenvalue weighted by atomic mass is 32.2. The van der Waals surface area contributed by atoms with Gasteiger partial charge in [0.15, 0.2) is 0 Å². The van der Waals surface area contributed by atoms with Crippen LogP contribution in [0.1, 0.15) is 66.7 Å². The molecule has 1 aliphatic heterocycles. The second-order valence-electron chi connectivity index (χ2n) is 14.1. The van der Waals surface area contributed by atoms with Crippen LogP contribution in [0, 0.1) is 29.6 Å². The Morgan fingerprint density at radius 2 is 1.76 bits per heavy atom. The molecule has 4 N–H and O–H groups in total. The van der Waals surface area contributed by atoms with E-state index in [1.54, 1.807) is 57.0 Å². The molecule has 46 heavy (non-hydrogen) atoms. The molecule has 1 saturated heterocycles. The highest BCUT2D eigenvalue weighted by molar-refractivity contribution is 7.90. The maximum atomic E-state index is 14.1. The largest absolute Gasteiger partial charge is 0.444 e. The number of hydrogen-bond donors (Lipinski definition) is 4. The Kier molecular flexibility index (Phi) is 10.4. The Balaban J connectivity index is 1.55. The Bertz CT molecular complexity index is 1460. The SMILES string of the molecule is C=C[C@@H]1C[C@]1(NC(=O)C1CN(C(=O)[C@@H](NC(=O)OC(C)(C)C)C(C)C)CC2CCCCC21)C(=O)NS(=O)(=O)c1ccccc1NC. The molecular weight excluding hydrogens is 610 g/mol. The molecule has 12 nitrogen and oxygen atoms in total. The second-order valence-corrected chi connectivity index (χ2v) is 15.8. The standard InChI is InChI=1S/C33H49N5O7S/c1-8-22-17-33(22,30(41)37-46(43,44)26-16-12-11-15-25(26)34-7)36-28(39)24-19-38(18-21-13-9-10-14-23(21)24)29(40)27(20(2)3)35-31(42)45-32(4,5)6/h8,11-12,15-16,20-24,27,34H,1,9-10,13-14,17-19H2,2-7H3,(H,35,42)(H,36,39)(H,37,41)/t21?,22-,23?,24?,27+,33-/m1/s1. The first-order valence-corrected chi connectivity index (χ1v) is 17.6.